The van der Waals surface area contributed by atoms with Gasteiger partial charge in [-0.1, -0.05) is 39.5 Å². The van der Waals surface area contributed by atoms with Crippen LogP contribution in [0.3, 0.4) is 0 Å². The molecule has 1 heterocycles. The van der Waals surface area contributed by atoms with Gasteiger partial charge >= 0.3 is 6.03 Å². The number of hydrogen-bond acceptors (Lipinski definition) is 5. The highest BCUT2D eigenvalue weighted by Gasteiger charge is 2.38. The molecule has 0 aliphatic carbocycles. The van der Waals surface area contributed by atoms with Crippen LogP contribution in [0.15, 0.2) is 23.1 Å². The molecule has 3 atom stereocenters. The van der Waals surface area contributed by atoms with Crippen molar-refractivity contribution < 1.29 is 23.1 Å². The molecule has 1 aromatic rings. The van der Waals surface area contributed by atoms with Crippen LogP contribution in [0.5, 0.6) is 5.75 Å². The topological polar surface area (TPSA) is 99.2 Å². The Labute approximate surface area is 198 Å². The second kappa shape index (κ2) is 11.7. The Bertz CT molecular complexity index is 984. The summed E-state index contributed by atoms with van der Waals surface area (Å²) in [7, 11) is -2.22. The lowest BCUT2D eigenvalue weighted by Gasteiger charge is -2.37. The molecular formula is C24H37N3O5S. The molecule has 9 heteroatoms. The fraction of sp³-hybridized carbons (Fsp3) is 0.625. The van der Waals surface area contributed by atoms with Gasteiger partial charge in [-0.05, 0) is 31.5 Å². The highest BCUT2D eigenvalue weighted by Crippen LogP contribution is 2.34. The number of rotatable bonds is 6. The molecule has 2 rings (SSSR count). The van der Waals surface area contributed by atoms with Crippen LogP contribution in [0.1, 0.15) is 46.6 Å². The van der Waals surface area contributed by atoms with Crippen LogP contribution >= 0.6 is 0 Å². The van der Waals surface area contributed by atoms with E-state index in [0.717, 1.165) is 6.42 Å². The lowest BCUT2D eigenvalue weighted by Crippen LogP contribution is -2.51. The van der Waals surface area contributed by atoms with Crippen LogP contribution in [0, 0.1) is 23.7 Å². The van der Waals surface area contributed by atoms with Crippen molar-refractivity contribution in [1.82, 2.24) is 14.5 Å². The molecule has 2 amide bonds. The van der Waals surface area contributed by atoms with Crippen LogP contribution in [0.25, 0.3) is 0 Å². The van der Waals surface area contributed by atoms with E-state index >= 15 is 0 Å². The van der Waals surface area contributed by atoms with Crippen molar-refractivity contribution in [2.45, 2.75) is 58.1 Å². The van der Waals surface area contributed by atoms with Crippen molar-refractivity contribution in [3.63, 3.8) is 0 Å². The van der Waals surface area contributed by atoms with Crippen molar-refractivity contribution in [3.8, 4) is 17.6 Å². The summed E-state index contributed by atoms with van der Waals surface area (Å²) in [5.74, 6) is 6.27. The van der Waals surface area contributed by atoms with Gasteiger partial charge in [0.2, 0.25) is 10.0 Å². The molecule has 0 aromatic heterocycles. The summed E-state index contributed by atoms with van der Waals surface area (Å²) in [5, 5.41) is 12.6. The molecular weight excluding hydrogens is 442 g/mol. The number of aliphatic hydroxyl groups is 1. The number of urea groups is 1. The molecule has 0 radical (unpaired) electrons. The predicted molar refractivity (Wildman–Crippen MR) is 128 cm³/mol. The summed E-state index contributed by atoms with van der Waals surface area (Å²) in [6.07, 6.45) is 0.369. The number of carbonyl (C=O) groups excluding carboxylic acids is 1. The van der Waals surface area contributed by atoms with Gasteiger partial charge in [-0.15, -0.1) is 0 Å². The van der Waals surface area contributed by atoms with Gasteiger partial charge in [0.25, 0.3) is 0 Å². The standard InChI is InChI=1S/C24H37N3O5S/c1-7-12-25-24(29)26(6)15-22-18(4)14-27(19(5)16-28)33(30,31)23-11-10-20(9-8-17(2)3)13-21(23)32-22/h10-11,13,17-19,22,28H,7,12,14-16H2,1-6H3,(H,25,29)/t18-,19+,22+/m0/s1. The Morgan fingerprint density at radius 1 is 1.36 bits per heavy atom. The third-order valence-corrected chi connectivity index (χ3v) is 7.52. The lowest BCUT2D eigenvalue weighted by molar-refractivity contribution is 0.0812. The number of carbonyl (C=O) groups is 1. The van der Waals surface area contributed by atoms with E-state index < -0.39 is 22.2 Å². The number of hydrogen-bond donors (Lipinski definition) is 2. The average molecular weight is 480 g/mol. The van der Waals surface area contributed by atoms with E-state index in [4.69, 9.17) is 4.74 Å². The van der Waals surface area contributed by atoms with Crippen molar-refractivity contribution in [3.05, 3.63) is 23.8 Å². The number of likely N-dealkylation sites (N-methyl/N-ethyl adjacent to an activating group) is 1. The number of amides is 2. The minimum absolute atomic E-state index is 0.0351. The smallest absolute Gasteiger partial charge is 0.317 e. The fourth-order valence-corrected chi connectivity index (χ4v) is 5.29. The normalized spacial score (nSPS) is 21.0. The molecule has 0 spiro atoms. The third-order valence-electron chi connectivity index (χ3n) is 5.50. The van der Waals surface area contributed by atoms with E-state index in [9.17, 15) is 18.3 Å². The SMILES string of the molecule is CCCNC(=O)N(C)C[C@H]1Oc2cc(C#CC(C)C)ccc2S(=O)(=O)N([C@H](C)CO)C[C@@H]1C. The van der Waals surface area contributed by atoms with E-state index in [2.05, 4.69) is 17.2 Å². The van der Waals surface area contributed by atoms with Gasteiger partial charge in [0, 0.05) is 43.6 Å². The molecule has 0 fully saturated rings. The maximum atomic E-state index is 13.5. The first kappa shape index (κ1) is 27.0. The number of sulfonamides is 1. The number of nitrogens with zero attached hydrogens (tertiary/aromatic N) is 2. The lowest BCUT2D eigenvalue weighted by atomic mass is 10.0. The van der Waals surface area contributed by atoms with E-state index in [1.807, 2.05) is 27.7 Å². The zero-order valence-electron chi connectivity index (χ0n) is 20.5. The molecule has 1 aromatic carbocycles. The van der Waals surface area contributed by atoms with Gasteiger partial charge in [0.1, 0.15) is 16.7 Å². The second-order valence-electron chi connectivity index (χ2n) is 8.94. The highest BCUT2D eigenvalue weighted by molar-refractivity contribution is 7.89. The van der Waals surface area contributed by atoms with E-state index in [0.29, 0.717) is 12.1 Å². The Morgan fingerprint density at radius 3 is 2.67 bits per heavy atom. The number of ether oxygens (including phenoxy) is 1. The minimum atomic E-state index is -3.91. The molecule has 0 unspecified atom stereocenters. The maximum Gasteiger partial charge on any atom is 0.317 e. The molecule has 33 heavy (non-hydrogen) atoms. The number of aliphatic hydroxyl groups excluding tert-OH is 1. The molecule has 0 bridgehead atoms. The first-order valence-electron chi connectivity index (χ1n) is 11.4. The Kier molecular flexibility index (Phi) is 9.58. The first-order chi connectivity index (χ1) is 15.5. The quantitative estimate of drug-likeness (QED) is 0.611. The summed E-state index contributed by atoms with van der Waals surface area (Å²) >= 11 is 0. The van der Waals surface area contributed by atoms with Gasteiger partial charge in [-0.3, -0.25) is 0 Å². The minimum Gasteiger partial charge on any atom is -0.487 e. The second-order valence-corrected chi connectivity index (χ2v) is 10.8. The third kappa shape index (κ3) is 6.85. The van der Waals surface area contributed by atoms with Gasteiger partial charge in [0.15, 0.2) is 0 Å². The Hall–Kier alpha value is -2.28. The zero-order chi connectivity index (χ0) is 24.8. The zero-order valence-corrected chi connectivity index (χ0v) is 21.3. The van der Waals surface area contributed by atoms with Crippen molar-refractivity contribution in [1.29, 1.82) is 0 Å². The largest absolute Gasteiger partial charge is 0.487 e. The number of benzene rings is 1. The van der Waals surface area contributed by atoms with Crippen molar-refractivity contribution >= 4 is 16.1 Å². The summed E-state index contributed by atoms with van der Waals surface area (Å²) in [5.41, 5.74) is 0.653. The van der Waals surface area contributed by atoms with Gasteiger partial charge in [-0.2, -0.15) is 4.31 Å². The summed E-state index contributed by atoms with van der Waals surface area (Å²) in [4.78, 5) is 14.0. The van der Waals surface area contributed by atoms with E-state index in [1.54, 1.807) is 31.0 Å². The predicted octanol–water partition coefficient (Wildman–Crippen LogP) is 2.51. The van der Waals surface area contributed by atoms with Crippen LogP contribution in [0.4, 0.5) is 4.79 Å². The van der Waals surface area contributed by atoms with Crippen LogP contribution in [0.2, 0.25) is 0 Å². The average Bonchev–Trinajstić information content (AvgIpc) is 2.77. The van der Waals surface area contributed by atoms with Gasteiger partial charge < -0.3 is 20.1 Å². The molecule has 2 N–H and O–H groups in total. The molecule has 0 saturated heterocycles. The Morgan fingerprint density at radius 2 is 2.06 bits per heavy atom. The molecule has 0 saturated carbocycles. The van der Waals surface area contributed by atoms with Crippen LogP contribution < -0.4 is 10.1 Å². The van der Waals surface area contributed by atoms with Crippen molar-refractivity contribution in [2.24, 2.45) is 11.8 Å². The fourth-order valence-electron chi connectivity index (χ4n) is 3.47. The maximum absolute atomic E-state index is 13.5. The first-order valence-corrected chi connectivity index (χ1v) is 12.9. The van der Waals surface area contributed by atoms with Gasteiger partial charge in [-0.25, -0.2) is 13.2 Å². The van der Waals surface area contributed by atoms with Gasteiger partial charge in [0.05, 0.1) is 13.2 Å². The van der Waals surface area contributed by atoms with Crippen molar-refractivity contribution in [2.75, 3.05) is 33.3 Å². The van der Waals surface area contributed by atoms with Crippen LogP contribution in [-0.2, 0) is 10.0 Å². The monoisotopic (exact) mass is 479 g/mol. The van der Waals surface area contributed by atoms with E-state index in [-0.39, 0.29) is 48.2 Å². The van der Waals surface area contributed by atoms with E-state index in [1.165, 1.54) is 10.4 Å². The molecule has 1 aliphatic rings. The molecule has 184 valence electrons. The van der Waals surface area contributed by atoms with Crippen LogP contribution in [-0.4, -0.2) is 74.2 Å². The summed E-state index contributed by atoms with van der Waals surface area (Å²) in [6.45, 7) is 10.2. The molecule has 8 nitrogen and oxygen atoms in total. The Balaban J connectivity index is 2.51. The number of nitrogens with one attached hydrogen (secondary N) is 1. The molecule has 1 aliphatic heterocycles. The number of fused-ring (bicyclic) bond motifs is 1. The summed E-state index contributed by atoms with van der Waals surface area (Å²) < 4.78 is 34.5. The highest BCUT2D eigenvalue weighted by atomic mass is 32.2. The summed E-state index contributed by atoms with van der Waals surface area (Å²) in [6, 6.07) is 4.01.